The second-order valence-electron chi connectivity index (χ2n) is 3.93. The molecule has 0 spiro atoms. The van der Waals surface area contributed by atoms with E-state index in [9.17, 15) is 15.0 Å². The van der Waals surface area contributed by atoms with Crippen molar-refractivity contribution in [3.63, 3.8) is 0 Å². The van der Waals surface area contributed by atoms with Crippen LogP contribution in [0.25, 0.3) is 0 Å². The average molecular weight is 227 g/mol. The second kappa shape index (κ2) is 3.51. The van der Waals surface area contributed by atoms with E-state index < -0.39 is 17.5 Å². The van der Waals surface area contributed by atoms with Crippen molar-refractivity contribution in [3.05, 3.63) is 34.9 Å². The van der Waals surface area contributed by atoms with Crippen molar-refractivity contribution < 1.29 is 15.0 Å². The van der Waals surface area contributed by atoms with Gasteiger partial charge in [0.05, 0.1) is 11.5 Å². The predicted molar refractivity (Wildman–Crippen MR) is 56.0 cm³/mol. The highest BCUT2D eigenvalue weighted by Crippen LogP contribution is 2.46. The van der Waals surface area contributed by atoms with Gasteiger partial charge in [-0.2, -0.15) is 0 Å². The van der Waals surface area contributed by atoms with Crippen LogP contribution in [0.1, 0.15) is 18.4 Å². The van der Waals surface area contributed by atoms with Crippen LogP contribution in [0.15, 0.2) is 24.3 Å². The van der Waals surface area contributed by atoms with E-state index in [0.29, 0.717) is 10.6 Å². The van der Waals surface area contributed by atoms with Gasteiger partial charge in [-0.3, -0.25) is 4.79 Å². The van der Waals surface area contributed by atoms with Crippen molar-refractivity contribution >= 4 is 17.6 Å². The van der Waals surface area contributed by atoms with Crippen LogP contribution in [0.4, 0.5) is 0 Å². The van der Waals surface area contributed by atoms with Gasteiger partial charge in [-0.25, -0.2) is 0 Å². The third kappa shape index (κ3) is 1.52. The summed E-state index contributed by atoms with van der Waals surface area (Å²) in [5.74, 6) is -0.916. The Labute approximate surface area is 92.3 Å². The van der Waals surface area contributed by atoms with Crippen molar-refractivity contribution in [2.24, 2.45) is 0 Å². The summed E-state index contributed by atoms with van der Waals surface area (Å²) in [5.41, 5.74) is -0.387. The predicted octanol–water partition coefficient (Wildman–Crippen LogP) is 1.82. The molecule has 2 N–H and O–H groups in total. The van der Waals surface area contributed by atoms with E-state index in [2.05, 4.69) is 0 Å². The summed E-state index contributed by atoms with van der Waals surface area (Å²) in [6.07, 6.45) is -0.0460. The Balaban J connectivity index is 2.43. The molecule has 0 atom stereocenters. The van der Waals surface area contributed by atoms with E-state index in [1.165, 1.54) is 0 Å². The molecule has 0 amide bonds. The summed E-state index contributed by atoms with van der Waals surface area (Å²) in [7, 11) is 0. The van der Waals surface area contributed by atoms with Crippen LogP contribution in [-0.4, -0.2) is 22.3 Å². The lowest BCUT2D eigenvalue weighted by atomic mass is 9.63. The van der Waals surface area contributed by atoms with E-state index in [4.69, 9.17) is 11.6 Å². The molecule has 3 nitrogen and oxygen atoms in total. The fourth-order valence-corrected chi connectivity index (χ4v) is 2.42. The highest BCUT2D eigenvalue weighted by molar-refractivity contribution is 6.31. The molecule has 0 saturated heterocycles. The summed E-state index contributed by atoms with van der Waals surface area (Å²) in [6, 6.07) is 6.90. The molecule has 1 aromatic rings. The van der Waals surface area contributed by atoms with Crippen LogP contribution < -0.4 is 0 Å². The monoisotopic (exact) mass is 226 g/mol. The summed E-state index contributed by atoms with van der Waals surface area (Å²) in [4.78, 5) is 11.2. The highest BCUT2D eigenvalue weighted by atomic mass is 35.5. The Kier molecular flexibility index (Phi) is 2.44. The number of rotatable bonds is 2. The Hall–Kier alpha value is -1.06. The molecule has 0 radical (unpaired) electrons. The van der Waals surface area contributed by atoms with Gasteiger partial charge < -0.3 is 10.2 Å². The first-order valence-electron chi connectivity index (χ1n) is 4.73. The molecule has 80 valence electrons. The van der Waals surface area contributed by atoms with E-state index >= 15 is 0 Å². The van der Waals surface area contributed by atoms with Crippen molar-refractivity contribution in [1.29, 1.82) is 0 Å². The van der Waals surface area contributed by atoms with E-state index in [-0.39, 0.29) is 12.8 Å². The lowest BCUT2D eigenvalue weighted by Gasteiger charge is -2.42. The van der Waals surface area contributed by atoms with Crippen LogP contribution in [-0.2, 0) is 10.2 Å². The van der Waals surface area contributed by atoms with Gasteiger partial charge in [0.25, 0.3) is 0 Å². The molecule has 1 aliphatic rings. The van der Waals surface area contributed by atoms with Crippen LogP contribution in [0, 0.1) is 0 Å². The number of hydrogen-bond donors (Lipinski definition) is 2. The van der Waals surface area contributed by atoms with Crippen molar-refractivity contribution in [1.82, 2.24) is 0 Å². The number of halogens is 1. The fraction of sp³-hybridized carbons (Fsp3) is 0.364. The zero-order valence-corrected chi connectivity index (χ0v) is 8.74. The normalized spacial score (nSPS) is 29.6. The lowest BCUT2D eigenvalue weighted by molar-refractivity contribution is -0.152. The molecule has 0 unspecified atom stereocenters. The zero-order valence-electron chi connectivity index (χ0n) is 7.98. The van der Waals surface area contributed by atoms with Gasteiger partial charge >= 0.3 is 5.97 Å². The Bertz CT molecular complexity index is 397. The van der Waals surface area contributed by atoms with Crippen molar-refractivity contribution in [2.45, 2.75) is 24.4 Å². The second-order valence-corrected chi connectivity index (χ2v) is 4.34. The number of carbonyl (C=O) groups is 1. The standard InChI is InChI=1S/C11H11ClO3/c12-9-4-2-1-3-8(9)11(10(14)15)5-7(13)6-11/h1-4,7,13H,5-6H2,(H,14,15). The summed E-state index contributed by atoms with van der Waals surface area (Å²) < 4.78 is 0. The highest BCUT2D eigenvalue weighted by Gasteiger charge is 2.52. The minimum atomic E-state index is -0.988. The van der Waals surface area contributed by atoms with Crippen LogP contribution >= 0.6 is 11.6 Å². The van der Waals surface area contributed by atoms with Gasteiger partial charge in [0.2, 0.25) is 0 Å². The molecule has 1 fully saturated rings. The Morgan fingerprint density at radius 2 is 2.00 bits per heavy atom. The zero-order chi connectivity index (χ0) is 11.1. The van der Waals surface area contributed by atoms with Gasteiger partial charge in [0.1, 0.15) is 0 Å². The maximum Gasteiger partial charge on any atom is 0.314 e. The number of carboxylic acid groups (broad SMARTS) is 1. The molecule has 2 rings (SSSR count). The fourth-order valence-electron chi connectivity index (χ4n) is 2.10. The van der Waals surface area contributed by atoms with Gasteiger partial charge in [-0.15, -0.1) is 0 Å². The largest absolute Gasteiger partial charge is 0.481 e. The average Bonchev–Trinajstić information content (AvgIpc) is 2.13. The Morgan fingerprint density at radius 1 is 1.40 bits per heavy atom. The first-order valence-corrected chi connectivity index (χ1v) is 5.10. The molecule has 1 saturated carbocycles. The minimum Gasteiger partial charge on any atom is -0.481 e. The maximum absolute atomic E-state index is 11.2. The van der Waals surface area contributed by atoms with Gasteiger partial charge in [-0.05, 0) is 24.5 Å². The van der Waals surface area contributed by atoms with Crippen molar-refractivity contribution in [3.8, 4) is 0 Å². The van der Waals surface area contributed by atoms with E-state index in [0.717, 1.165) is 0 Å². The smallest absolute Gasteiger partial charge is 0.314 e. The minimum absolute atomic E-state index is 0.242. The summed E-state index contributed by atoms with van der Waals surface area (Å²) >= 11 is 5.97. The number of aliphatic hydroxyl groups excluding tert-OH is 1. The molecule has 0 aromatic heterocycles. The number of benzene rings is 1. The number of aliphatic carboxylic acids is 1. The van der Waals surface area contributed by atoms with Gasteiger partial charge in [0.15, 0.2) is 0 Å². The van der Waals surface area contributed by atoms with Gasteiger partial charge in [-0.1, -0.05) is 29.8 Å². The Morgan fingerprint density at radius 3 is 2.47 bits per heavy atom. The number of carboxylic acids is 1. The summed E-state index contributed by atoms with van der Waals surface area (Å²) in [6.45, 7) is 0. The van der Waals surface area contributed by atoms with Gasteiger partial charge in [0, 0.05) is 5.02 Å². The number of hydrogen-bond acceptors (Lipinski definition) is 2. The first-order chi connectivity index (χ1) is 7.06. The maximum atomic E-state index is 11.2. The molecule has 1 aromatic carbocycles. The quantitative estimate of drug-likeness (QED) is 0.809. The van der Waals surface area contributed by atoms with Crippen LogP contribution in [0.5, 0.6) is 0 Å². The summed E-state index contributed by atoms with van der Waals surface area (Å²) in [5, 5.41) is 18.9. The first kappa shape index (κ1) is 10.5. The third-order valence-corrected chi connectivity index (χ3v) is 3.30. The van der Waals surface area contributed by atoms with E-state index in [1.807, 2.05) is 0 Å². The molecule has 4 heteroatoms. The van der Waals surface area contributed by atoms with Crippen LogP contribution in [0.3, 0.4) is 0 Å². The van der Waals surface area contributed by atoms with E-state index in [1.54, 1.807) is 24.3 Å². The third-order valence-electron chi connectivity index (χ3n) is 2.97. The molecule has 0 heterocycles. The van der Waals surface area contributed by atoms with Crippen LogP contribution in [0.2, 0.25) is 5.02 Å². The molecule has 0 aliphatic heterocycles. The topological polar surface area (TPSA) is 57.5 Å². The molecule has 15 heavy (non-hydrogen) atoms. The molecular weight excluding hydrogens is 216 g/mol. The molecule has 0 bridgehead atoms. The SMILES string of the molecule is O=C(O)C1(c2ccccc2Cl)CC(O)C1. The molecule has 1 aliphatic carbocycles. The number of aliphatic hydroxyl groups is 1. The van der Waals surface area contributed by atoms with Crippen molar-refractivity contribution in [2.75, 3.05) is 0 Å². The lowest BCUT2D eigenvalue weighted by Crippen LogP contribution is -2.50. The molecular formula is C11H11ClO3.